The summed E-state index contributed by atoms with van der Waals surface area (Å²) in [6.45, 7) is 6.42. The summed E-state index contributed by atoms with van der Waals surface area (Å²) in [6, 6.07) is 4.30. The van der Waals surface area contributed by atoms with E-state index in [-0.39, 0.29) is 0 Å². The Bertz CT molecular complexity index is 615. The van der Waals surface area contributed by atoms with Gasteiger partial charge in [0.1, 0.15) is 0 Å². The van der Waals surface area contributed by atoms with Crippen LogP contribution in [0.1, 0.15) is 22.4 Å². The lowest BCUT2D eigenvalue weighted by Crippen LogP contribution is -2.36. The minimum absolute atomic E-state index is 0.586. The number of aromatic nitrogens is 1. The van der Waals surface area contributed by atoms with Crippen molar-refractivity contribution >= 4 is 33.8 Å². The summed E-state index contributed by atoms with van der Waals surface area (Å²) in [5, 5.41) is 9.70. The van der Waals surface area contributed by atoms with Crippen LogP contribution in [0.3, 0.4) is 0 Å². The Balaban J connectivity index is 1.93. The molecule has 7 heteroatoms. The van der Waals surface area contributed by atoms with Crippen LogP contribution in [0, 0.1) is 6.92 Å². The highest BCUT2D eigenvalue weighted by molar-refractivity contribution is 7.13. The largest absolute Gasteiger partial charge is 0.357 e. The van der Waals surface area contributed by atoms with Crippen molar-refractivity contribution in [3.8, 4) is 0 Å². The number of hydrogen-bond acceptors (Lipinski definition) is 5. The third-order valence-electron chi connectivity index (χ3n) is 2.89. The number of guanidine groups is 1. The molecule has 0 unspecified atom stereocenters. The molecule has 5 nitrogen and oxygen atoms in total. The van der Waals surface area contributed by atoms with Crippen molar-refractivity contribution in [1.82, 2.24) is 15.6 Å². The first-order valence-electron chi connectivity index (χ1n) is 7.27. The lowest BCUT2D eigenvalue weighted by molar-refractivity contribution is 0.820. The van der Waals surface area contributed by atoms with E-state index in [0.717, 1.165) is 29.9 Å². The van der Waals surface area contributed by atoms with E-state index in [4.69, 9.17) is 0 Å². The topological polar surface area (TPSA) is 52.6 Å². The molecule has 2 heterocycles. The average Bonchev–Trinajstić information content (AvgIpc) is 3.11. The van der Waals surface area contributed by atoms with Crippen LogP contribution >= 0.6 is 22.7 Å². The zero-order chi connectivity index (χ0) is 15.9. The highest BCUT2D eigenvalue weighted by Gasteiger charge is 2.04. The normalized spacial score (nSPS) is 11.5. The van der Waals surface area contributed by atoms with Crippen molar-refractivity contribution in [2.45, 2.75) is 26.9 Å². The summed E-state index contributed by atoms with van der Waals surface area (Å²) in [5.74, 6) is 0.827. The number of anilines is 1. The molecule has 0 bridgehead atoms. The van der Waals surface area contributed by atoms with Gasteiger partial charge in [0.15, 0.2) is 11.1 Å². The Kier molecular flexibility index (Phi) is 6.21. The molecule has 0 aliphatic heterocycles. The van der Waals surface area contributed by atoms with Gasteiger partial charge in [-0.3, -0.25) is 0 Å². The molecule has 2 aromatic heterocycles. The monoisotopic (exact) mass is 337 g/mol. The number of nitrogens with zero attached hydrogens (tertiary/aromatic N) is 3. The summed E-state index contributed by atoms with van der Waals surface area (Å²) in [6.07, 6.45) is 0. The standard InChI is InChI=1S/C15H23N5S2/c1-5-16-14(18-9-13-7-6-11(2)22-13)17-8-12-10-21-15(19-12)20(3)4/h6-7,10H,5,8-9H2,1-4H3,(H2,16,17,18). The second-order valence-corrected chi connectivity index (χ2v) is 7.29. The second kappa shape index (κ2) is 8.14. The zero-order valence-electron chi connectivity index (χ0n) is 13.5. The van der Waals surface area contributed by atoms with Crippen LogP contribution in [-0.4, -0.2) is 31.6 Å². The number of aliphatic imine (C=N–C) groups is 1. The third-order valence-corrected chi connectivity index (χ3v) is 4.95. The summed E-state index contributed by atoms with van der Waals surface area (Å²) in [4.78, 5) is 13.8. The van der Waals surface area contributed by atoms with Gasteiger partial charge >= 0.3 is 0 Å². The van der Waals surface area contributed by atoms with E-state index in [2.05, 4.69) is 52.0 Å². The third kappa shape index (κ3) is 4.99. The minimum Gasteiger partial charge on any atom is -0.357 e. The quantitative estimate of drug-likeness (QED) is 0.629. The number of rotatable bonds is 6. The second-order valence-electron chi connectivity index (χ2n) is 5.08. The molecule has 0 fully saturated rings. The van der Waals surface area contributed by atoms with Crippen molar-refractivity contribution in [3.05, 3.63) is 33.0 Å². The fraction of sp³-hybridized carbons (Fsp3) is 0.467. The van der Waals surface area contributed by atoms with Crippen LogP contribution in [0.4, 0.5) is 5.13 Å². The molecule has 0 atom stereocenters. The predicted octanol–water partition coefficient (Wildman–Crippen LogP) is 2.83. The first-order chi connectivity index (χ1) is 10.6. The van der Waals surface area contributed by atoms with Gasteiger partial charge < -0.3 is 15.5 Å². The number of nitrogens with one attached hydrogen (secondary N) is 2. The molecule has 0 spiro atoms. The van der Waals surface area contributed by atoms with Gasteiger partial charge in [-0.15, -0.1) is 22.7 Å². The molecule has 2 N–H and O–H groups in total. The van der Waals surface area contributed by atoms with Crippen molar-refractivity contribution in [2.75, 3.05) is 25.5 Å². The van der Waals surface area contributed by atoms with Gasteiger partial charge in [-0.25, -0.2) is 9.98 Å². The van der Waals surface area contributed by atoms with Gasteiger partial charge in [0.05, 0.1) is 18.8 Å². The number of aryl methyl sites for hydroxylation is 1. The zero-order valence-corrected chi connectivity index (χ0v) is 15.1. The van der Waals surface area contributed by atoms with Gasteiger partial charge in [0, 0.05) is 35.8 Å². The first-order valence-corrected chi connectivity index (χ1v) is 8.97. The first kappa shape index (κ1) is 16.8. The van der Waals surface area contributed by atoms with Crippen LogP contribution in [0.15, 0.2) is 22.5 Å². The minimum atomic E-state index is 0.586. The summed E-state index contributed by atoms with van der Waals surface area (Å²) >= 11 is 3.45. The molecule has 0 aliphatic carbocycles. The highest BCUT2D eigenvalue weighted by Crippen LogP contribution is 2.18. The predicted molar refractivity (Wildman–Crippen MR) is 97.2 cm³/mol. The van der Waals surface area contributed by atoms with E-state index >= 15 is 0 Å². The molecule has 0 radical (unpaired) electrons. The summed E-state index contributed by atoms with van der Waals surface area (Å²) < 4.78 is 0. The van der Waals surface area contributed by atoms with Gasteiger partial charge in [-0.1, -0.05) is 0 Å². The summed E-state index contributed by atoms with van der Waals surface area (Å²) in [7, 11) is 4.00. The van der Waals surface area contributed by atoms with E-state index < -0.39 is 0 Å². The van der Waals surface area contributed by atoms with Crippen LogP contribution in [0.5, 0.6) is 0 Å². The van der Waals surface area contributed by atoms with E-state index in [1.54, 1.807) is 11.3 Å². The maximum absolute atomic E-state index is 4.60. The number of thiazole rings is 1. The maximum Gasteiger partial charge on any atom is 0.191 e. The Morgan fingerprint density at radius 1 is 1.32 bits per heavy atom. The summed E-state index contributed by atoms with van der Waals surface area (Å²) in [5.41, 5.74) is 0.998. The lowest BCUT2D eigenvalue weighted by Gasteiger charge is -2.10. The fourth-order valence-electron chi connectivity index (χ4n) is 1.83. The Morgan fingerprint density at radius 2 is 2.14 bits per heavy atom. The number of thiophene rings is 1. The molecular formula is C15H23N5S2. The molecule has 0 saturated carbocycles. The van der Waals surface area contributed by atoms with E-state index in [1.165, 1.54) is 9.75 Å². The Morgan fingerprint density at radius 3 is 2.73 bits per heavy atom. The van der Waals surface area contributed by atoms with Gasteiger partial charge in [0.25, 0.3) is 0 Å². The molecule has 2 aromatic rings. The van der Waals surface area contributed by atoms with Crippen LogP contribution in [-0.2, 0) is 13.1 Å². The maximum atomic E-state index is 4.60. The highest BCUT2D eigenvalue weighted by atomic mass is 32.1. The molecular weight excluding hydrogens is 314 g/mol. The van der Waals surface area contributed by atoms with Gasteiger partial charge in [0.2, 0.25) is 0 Å². The van der Waals surface area contributed by atoms with E-state index in [9.17, 15) is 0 Å². The van der Waals surface area contributed by atoms with Crippen molar-refractivity contribution < 1.29 is 0 Å². The molecule has 0 saturated heterocycles. The Hall–Kier alpha value is -1.60. The Labute approximate surface area is 140 Å². The van der Waals surface area contributed by atoms with Crippen molar-refractivity contribution in [3.63, 3.8) is 0 Å². The van der Waals surface area contributed by atoms with Crippen LogP contribution in [0.25, 0.3) is 0 Å². The van der Waals surface area contributed by atoms with E-state index in [1.807, 2.05) is 30.3 Å². The van der Waals surface area contributed by atoms with Crippen LogP contribution in [0.2, 0.25) is 0 Å². The van der Waals surface area contributed by atoms with Crippen molar-refractivity contribution in [1.29, 1.82) is 0 Å². The van der Waals surface area contributed by atoms with Gasteiger partial charge in [-0.2, -0.15) is 0 Å². The molecule has 22 heavy (non-hydrogen) atoms. The average molecular weight is 338 g/mol. The smallest absolute Gasteiger partial charge is 0.191 e. The lowest BCUT2D eigenvalue weighted by atomic mass is 10.4. The molecule has 2 rings (SSSR count). The molecule has 120 valence electrons. The molecule has 0 aromatic carbocycles. The number of hydrogen-bond donors (Lipinski definition) is 2. The fourth-order valence-corrected chi connectivity index (χ4v) is 3.41. The molecule has 0 aliphatic rings. The van der Waals surface area contributed by atoms with E-state index in [0.29, 0.717) is 6.54 Å². The SMILES string of the molecule is CCNC(=NCc1csc(N(C)C)n1)NCc1ccc(C)s1. The van der Waals surface area contributed by atoms with Crippen LogP contribution < -0.4 is 15.5 Å². The van der Waals surface area contributed by atoms with Gasteiger partial charge in [-0.05, 0) is 26.0 Å². The molecule has 0 amide bonds. The van der Waals surface area contributed by atoms with Crippen molar-refractivity contribution in [2.24, 2.45) is 4.99 Å².